The molecule has 0 spiro atoms. The van der Waals surface area contributed by atoms with Crippen LogP contribution >= 0.6 is 0 Å². The molecule has 1 aromatic rings. The van der Waals surface area contributed by atoms with Crippen LogP contribution in [-0.2, 0) is 16.0 Å². The normalized spacial score (nSPS) is 11.0. The first-order valence-electron chi connectivity index (χ1n) is 5.53. The summed E-state index contributed by atoms with van der Waals surface area (Å²) in [7, 11) is 0. The average Bonchev–Trinajstić information content (AvgIpc) is 2.75. The second-order valence-corrected chi connectivity index (χ2v) is 3.14. The van der Waals surface area contributed by atoms with Crippen LogP contribution in [0.5, 0.6) is 0 Å². The van der Waals surface area contributed by atoms with Crippen molar-refractivity contribution in [2.24, 2.45) is 0 Å². The van der Waals surface area contributed by atoms with Crippen LogP contribution in [0.3, 0.4) is 0 Å². The molecule has 0 saturated carbocycles. The SMILES string of the molecule is CCOC(OCC)C(=O)c1ccnn1CC. The van der Waals surface area contributed by atoms with Crippen molar-refractivity contribution in [3.63, 3.8) is 0 Å². The highest BCUT2D eigenvalue weighted by Crippen LogP contribution is 2.08. The zero-order valence-electron chi connectivity index (χ0n) is 9.97. The molecule has 16 heavy (non-hydrogen) atoms. The minimum atomic E-state index is -0.822. The quantitative estimate of drug-likeness (QED) is 0.522. The molecular formula is C11H18N2O3. The van der Waals surface area contributed by atoms with Gasteiger partial charge in [0.25, 0.3) is 0 Å². The van der Waals surface area contributed by atoms with Gasteiger partial charge in [-0.05, 0) is 26.8 Å². The van der Waals surface area contributed by atoms with E-state index in [9.17, 15) is 4.79 Å². The smallest absolute Gasteiger partial charge is 0.236 e. The Morgan fingerprint density at radius 1 is 1.38 bits per heavy atom. The molecule has 5 nitrogen and oxygen atoms in total. The van der Waals surface area contributed by atoms with E-state index in [0.717, 1.165) is 0 Å². The summed E-state index contributed by atoms with van der Waals surface area (Å²) in [5.74, 6) is -0.178. The van der Waals surface area contributed by atoms with Crippen LogP contribution in [0.1, 0.15) is 31.3 Å². The molecule has 0 saturated heterocycles. The molecule has 1 heterocycles. The Kier molecular flexibility index (Phi) is 5.14. The molecule has 0 N–H and O–H groups in total. The molecule has 0 bridgehead atoms. The third kappa shape index (κ3) is 2.90. The molecule has 1 aromatic heterocycles. The van der Waals surface area contributed by atoms with E-state index in [1.807, 2.05) is 20.8 Å². The highest BCUT2D eigenvalue weighted by Gasteiger charge is 2.23. The molecular weight excluding hydrogens is 208 g/mol. The van der Waals surface area contributed by atoms with Crippen molar-refractivity contribution in [2.75, 3.05) is 13.2 Å². The Balaban J connectivity index is 2.81. The summed E-state index contributed by atoms with van der Waals surface area (Å²) >= 11 is 0. The van der Waals surface area contributed by atoms with Gasteiger partial charge >= 0.3 is 0 Å². The first kappa shape index (κ1) is 12.9. The Bertz CT molecular complexity index is 330. The van der Waals surface area contributed by atoms with Gasteiger partial charge in [-0.15, -0.1) is 0 Å². The van der Waals surface area contributed by atoms with Gasteiger partial charge in [0.2, 0.25) is 12.1 Å². The van der Waals surface area contributed by atoms with E-state index in [1.54, 1.807) is 16.9 Å². The van der Waals surface area contributed by atoms with E-state index in [0.29, 0.717) is 25.5 Å². The second kappa shape index (κ2) is 6.40. The van der Waals surface area contributed by atoms with Crippen molar-refractivity contribution in [3.8, 4) is 0 Å². The average molecular weight is 226 g/mol. The molecule has 5 heteroatoms. The van der Waals surface area contributed by atoms with Crippen LogP contribution in [0, 0.1) is 0 Å². The number of rotatable bonds is 7. The van der Waals surface area contributed by atoms with Crippen LogP contribution in [0.2, 0.25) is 0 Å². The fourth-order valence-corrected chi connectivity index (χ4v) is 1.42. The lowest BCUT2D eigenvalue weighted by Gasteiger charge is -2.15. The number of carbonyl (C=O) groups excluding carboxylic acids is 1. The molecule has 0 atom stereocenters. The zero-order chi connectivity index (χ0) is 12.0. The third-order valence-corrected chi connectivity index (χ3v) is 2.12. The Morgan fingerprint density at radius 2 is 2.00 bits per heavy atom. The predicted octanol–water partition coefficient (Wildman–Crippen LogP) is 1.48. The lowest BCUT2D eigenvalue weighted by Crippen LogP contribution is -2.29. The largest absolute Gasteiger partial charge is 0.346 e. The molecule has 0 unspecified atom stereocenters. The fourth-order valence-electron chi connectivity index (χ4n) is 1.42. The number of aryl methyl sites for hydroxylation is 1. The molecule has 0 radical (unpaired) electrons. The second-order valence-electron chi connectivity index (χ2n) is 3.14. The number of carbonyl (C=O) groups is 1. The molecule has 0 aromatic carbocycles. The Hall–Kier alpha value is -1.20. The summed E-state index contributed by atoms with van der Waals surface area (Å²) in [6.45, 7) is 7.12. The van der Waals surface area contributed by atoms with Crippen molar-refractivity contribution >= 4 is 5.78 Å². The number of aromatic nitrogens is 2. The predicted molar refractivity (Wildman–Crippen MR) is 59.3 cm³/mol. The summed E-state index contributed by atoms with van der Waals surface area (Å²) in [5.41, 5.74) is 0.523. The summed E-state index contributed by atoms with van der Waals surface area (Å²) in [5, 5.41) is 4.04. The van der Waals surface area contributed by atoms with E-state index in [1.165, 1.54) is 0 Å². The van der Waals surface area contributed by atoms with E-state index >= 15 is 0 Å². The highest BCUT2D eigenvalue weighted by molar-refractivity contribution is 5.97. The number of hydrogen-bond donors (Lipinski definition) is 0. The van der Waals surface area contributed by atoms with E-state index in [4.69, 9.17) is 9.47 Å². The molecule has 0 aliphatic rings. The van der Waals surface area contributed by atoms with Gasteiger partial charge in [-0.2, -0.15) is 5.10 Å². The van der Waals surface area contributed by atoms with Crippen LogP contribution in [0.15, 0.2) is 12.3 Å². The molecule has 0 fully saturated rings. The maximum absolute atomic E-state index is 12.1. The van der Waals surface area contributed by atoms with Crippen molar-refractivity contribution in [1.82, 2.24) is 9.78 Å². The molecule has 1 rings (SSSR count). The zero-order valence-corrected chi connectivity index (χ0v) is 9.97. The number of nitrogens with zero attached hydrogens (tertiary/aromatic N) is 2. The summed E-state index contributed by atoms with van der Waals surface area (Å²) in [6.07, 6.45) is 0.781. The van der Waals surface area contributed by atoms with Crippen molar-refractivity contribution in [1.29, 1.82) is 0 Å². The van der Waals surface area contributed by atoms with Gasteiger partial charge in [0.1, 0.15) is 5.69 Å². The van der Waals surface area contributed by atoms with Gasteiger partial charge in [0, 0.05) is 26.0 Å². The number of Topliss-reactive ketones (excluding diaryl/α,β-unsaturated/α-hetero) is 1. The van der Waals surface area contributed by atoms with Crippen LogP contribution in [0.4, 0.5) is 0 Å². The van der Waals surface area contributed by atoms with E-state index in [2.05, 4.69) is 5.10 Å². The van der Waals surface area contributed by atoms with Gasteiger partial charge in [-0.3, -0.25) is 9.48 Å². The molecule has 0 aliphatic heterocycles. The van der Waals surface area contributed by atoms with Crippen molar-refractivity contribution in [2.45, 2.75) is 33.6 Å². The summed E-state index contributed by atoms with van der Waals surface area (Å²) < 4.78 is 12.1. The van der Waals surface area contributed by atoms with Crippen molar-refractivity contribution < 1.29 is 14.3 Å². The molecule has 90 valence electrons. The van der Waals surface area contributed by atoms with Gasteiger partial charge < -0.3 is 9.47 Å². The van der Waals surface area contributed by atoms with Gasteiger partial charge in [-0.25, -0.2) is 0 Å². The first-order valence-corrected chi connectivity index (χ1v) is 5.53. The lowest BCUT2D eigenvalue weighted by atomic mass is 10.2. The third-order valence-electron chi connectivity index (χ3n) is 2.12. The van der Waals surface area contributed by atoms with Gasteiger partial charge in [0.15, 0.2) is 0 Å². The van der Waals surface area contributed by atoms with E-state index in [-0.39, 0.29) is 5.78 Å². The minimum absolute atomic E-state index is 0.178. The lowest BCUT2D eigenvalue weighted by molar-refractivity contribution is -0.107. The Morgan fingerprint density at radius 3 is 2.50 bits per heavy atom. The molecule has 0 amide bonds. The Labute approximate surface area is 95.3 Å². The molecule has 0 aliphatic carbocycles. The fraction of sp³-hybridized carbons (Fsp3) is 0.636. The standard InChI is InChI=1S/C11H18N2O3/c1-4-13-9(7-8-12-13)10(14)11(15-5-2)16-6-3/h7-8,11H,4-6H2,1-3H3. The van der Waals surface area contributed by atoms with Gasteiger partial charge in [-0.1, -0.05) is 0 Å². The van der Waals surface area contributed by atoms with Crippen LogP contribution in [-0.4, -0.2) is 35.1 Å². The maximum atomic E-state index is 12.1. The summed E-state index contributed by atoms with van der Waals surface area (Å²) in [4.78, 5) is 12.1. The minimum Gasteiger partial charge on any atom is -0.346 e. The van der Waals surface area contributed by atoms with Crippen molar-refractivity contribution in [3.05, 3.63) is 18.0 Å². The highest BCUT2D eigenvalue weighted by atomic mass is 16.7. The first-order chi connectivity index (χ1) is 7.74. The van der Waals surface area contributed by atoms with Crippen LogP contribution in [0.25, 0.3) is 0 Å². The number of hydrogen-bond acceptors (Lipinski definition) is 4. The summed E-state index contributed by atoms with van der Waals surface area (Å²) in [6, 6.07) is 1.68. The maximum Gasteiger partial charge on any atom is 0.236 e. The monoisotopic (exact) mass is 226 g/mol. The van der Waals surface area contributed by atoms with Crippen LogP contribution < -0.4 is 0 Å². The van der Waals surface area contributed by atoms with Gasteiger partial charge in [0.05, 0.1) is 0 Å². The number of ether oxygens (including phenoxy) is 2. The van der Waals surface area contributed by atoms with E-state index < -0.39 is 6.29 Å². The number of ketones is 1. The topological polar surface area (TPSA) is 53.4 Å².